The Hall–Kier alpha value is -2.79. The molecule has 25 heavy (non-hydrogen) atoms. The summed E-state index contributed by atoms with van der Waals surface area (Å²) in [5, 5.41) is 2.44. The summed E-state index contributed by atoms with van der Waals surface area (Å²) in [4.78, 5) is 24.1. The van der Waals surface area contributed by atoms with Crippen molar-refractivity contribution in [2.45, 2.75) is 12.3 Å². The number of benzene rings is 2. The van der Waals surface area contributed by atoms with Gasteiger partial charge in [0.25, 0.3) is 0 Å². The number of fused-ring (bicyclic) bond motifs is 1. The lowest BCUT2D eigenvalue weighted by atomic mass is 10.1. The van der Waals surface area contributed by atoms with Gasteiger partial charge in [0, 0.05) is 17.8 Å². The number of carbonyl (C=O) groups is 1. The maximum Gasteiger partial charge on any atom is 0.242 e. The fourth-order valence-electron chi connectivity index (χ4n) is 2.46. The largest absolute Gasteiger partial charge is 0.496 e. The number of carbonyl (C=O) groups excluding carboxylic acids is 1. The third-order valence-corrected chi connectivity index (χ3v) is 3.93. The van der Waals surface area contributed by atoms with Crippen molar-refractivity contribution in [3.63, 3.8) is 0 Å². The first-order valence-corrected chi connectivity index (χ1v) is 8.09. The van der Waals surface area contributed by atoms with Crippen molar-refractivity contribution in [2.75, 3.05) is 12.4 Å². The molecule has 1 amide bonds. The van der Waals surface area contributed by atoms with Gasteiger partial charge in [-0.2, -0.15) is 0 Å². The number of hydrogen-bond donors (Lipinski definition) is 1. The van der Waals surface area contributed by atoms with Gasteiger partial charge in [-0.15, -0.1) is 11.6 Å². The highest BCUT2D eigenvalue weighted by Gasteiger charge is 2.13. The number of rotatable bonds is 4. The van der Waals surface area contributed by atoms with Crippen LogP contribution in [0.2, 0.25) is 0 Å². The Morgan fingerprint density at radius 1 is 1.20 bits per heavy atom. The molecular weight excluding hydrogens is 342 g/mol. The zero-order valence-corrected chi connectivity index (χ0v) is 14.5. The van der Waals surface area contributed by atoms with E-state index in [4.69, 9.17) is 20.8 Å². The summed E-state index contributed by atoms with van der Waals surface area (Å²) < 4.78 is 11.2. The van der Waals surface area contributed by atoms with Gasteiger partial charge in [0.15, 0.2) is 5.43 Å². The number of ether oxygens (including phenoxy) is 1. The van der Waals surface area contributed by atoms with Crippen molar-refractivity contribution < 1.29 is 13.9 Å². The van der Waals surface area contributed by atoms with Crippen LogP contribution in [0.5, 0.6) is 5.75 Å². The normalized spacial score (nSPS) is 12.0. The highest BCUT2D eigenvalue weighted by atomic mass is 35.5. The number of alkyl halides is 1. The second-order valence-corrected chi connectivity index (χ2v) is 6.15. The molecule has 0 bridgehead atoms. The zero-order chi connectivity index (χ0) is 18.0. The molecule has 0 fully saturated rings. The van der Waals surface area contributed by atoms with E-state index in [2.05, 4.69) is 5.32 Å². The first-order valence-electron chi connectivity index (χ1n) is 7.66. The van der Waals surface area contributed by atoms with Gasteiger partial charge in [-0.1, -0.05) is 12.1 Å². The predicted molar refractivity (Wildman–Crippen MR) is 98.4 cm³/mol. The van der Waals surface area contributed by atoms with Crippen LogP contribution in [0.4, 0.5) is 5.69 Å². The van der Waals surface area contributed by atoms with E-state index in [0.29, 0.717) is 33.7 Å². The number of methoxy groups -OCH3 is 1. The number of halogens is 1. The number of amides is 1. The van der Waals surface area contributed by atoms with Gasteiger partial charge < -0.3 is 14.5 Å². The fourth-order valence-corrected chi connectivity index (χ4v) is 2.51. The maximum atomic E-state index is 12.4. The van der Waals surface area contributed by atoms with Crippen LogP contribution in [0.1, 0.15) is 6.92 Å². The molecule has 0 radical (unpaired) electrons. The minimum Gasteiger partial charge on any atom is -0.496 e. The van der Waals surface area contributed by atoms with Crippen LogP contribution in [0.25, 0.3) is 22.3 Å². The number of nitrogens with one attached hydrogen (secondary N) is 1. The molecular formula is C19H16ClNO4. The summed E-state index contributed by atoms with van der Waals surface area (Å²) in [6, 6.07) is 13.6. The molecule has 5 nitrogen and oxygen atoms in total. The quantitative estimate of drug-likeness (QED) is 0.716. The molecule has 0 aliphatic rings. The topological polar surface area (TPSA) is 68.5 Å². The third-order valence-electron chi connectivity index (χ3n) is 3.73. The zero-order valence-electron chi connectivity index (χ0n) is 13.7. The molecule has 0 aliphatic carbocycles. The molecule has 0 saturated carbocycles. The molecule has 0 aliphatic heterocycles. The lowest BCUT2D eigenvalue weighted by Crippen LogP contribution is -2.20. The molecule has 6 heteroatoms. The van der Waals surface area contributed by atoms with Crippen LogP contribution < -0.4 is 15.5 Å². The highest BCUT2D eigenvalue weighted by molar-refractivity contribution is 6.32. The summed E-state index contributed by atoms with van der Waals surface area (Å²) in [7, 11) is 1.55. The van der Waals surface area contributed by atoms with E-state index in [1.54, 1.807) is 38.3 Å². The van der Waals surface area contributed by atoms with Crippen LogP contribution >= 0.6 is 11.6 Å². The molecule has 2 aromatic carbocycles. The standard InChI is InChI=1S/C19H16ClNO4/c1-11(20)19(23)21-12-7-8-13-15(22)10-18(25-17(13)9-12)14-5-3-4-6-16(14)24-2/h3-11H,1-2H3,(H,21,23). The van der Waals surface area contributed by atoms with Gasteiger partial charge in [0.2, 0.25) is 5.91 Å². The summed E-state index contributed by atoms with van der Waals surface area (Å²) in [5.41, 5.74) is 1.37. The van der Waals surface area contributed by atoms with E-state index in [0.717, 1.165) is 0 Å². The van der Waals surface area contributed by atoms with Crippen LogP contribution in [0.15, 0.2) is 57.7 Å². The summed E-state index contributed by atoms with van der Waals surface area (Å²) in [5.74, 6) is 0.666. The first-order chi connectivity index (χ1) is 12.0. The summed E-state index contributed by atoms with van der Waals surface area (Å²) >= 11 is 5.76. The van der Waals surface area contributed by atoms with E-state index < -0.39 is 5.38 Å². The van der Waals surface area contributed by atoms with Gasteiger partial charge in [0.1, 0.15) is 22.5 Å². The average molecular weight is 358 g/mol. The number of anilines is 1. The molecule has 0 saturated heterocycles. The van der Waals surface area contributed by atoms with Gasteiger partial charge in [-0.3, -0.25) is 9.59 Å². The van der Waals surface area contributed by atoms with Crippen molar-refractivity contribution in [3.05, 3.63) is 58.8 Å². The Balaban J connectivity index is 2.10. The SMILES string of the molecule is COc1ccccc1-c1cc(=O)c2ccc(NC(=O)C(C)Cl)cc2o1. The van der Waals surface area contributed by atoms with Crippen molar-refractivity contribution in [3.8, 4) is 17.1 Å². The summed E-state index contributed by atoms with van der Waals surface area (Å²) in [6.07, 6.45) is 0. The van der Waals surface area contributed by atoms with Crippen LogP contribution in [0.3, 0.4) is 0 Å². The Bertz CT molecular complexity index is 994. The van der Waals surface area contributed by atoms with Crippen molar-refractivity contribution in [1.82, 2.24) is 0 Å². The monoisotopic (exact) mass is 357 g/mol. The molecule has 1 N–H and O–H groups in total. The van der Waals surface area contributed by atoms with E-state index in [1.165, 1.54) is 6.07 Å². The minimum atomic E-state index is -0.664. The first kappa shape index (κ1) is 17.0. The molecule has 3 aromatic rings. The maximum absolute atomic E-state index is 12.4. The number of para-hydroxylation sites is 1. The van der Waals surface area contributed by atoms with Gasteiger partial charge in [0.05, 0.1) is 18.1 Å². The predicted octanol–water partition coefficient (Wildman–Crippen LogP) is 4.03. The van der Waals surface area contributed by atoms with Crippen molar-refractivity contribution in [1.29, 1.82) is 0 Å². The molecule has 0 spiro atoms. The second kappa shape index (κ2) is 6.99. The van der Waals surface area contributed by atoms with Crippen LogP contribution in [0, 0.1) is 0 Å². The lowest BCUT2D eigenvalue weighted by molar-refractivity contribution is -0.115. The van der Waals surface area contributed by atoms with Crippen molar-refractivity contribution >= 4 is 34.2 Å². The lowest BCUT2D eigenvalue weighted by Gasteiger charge is -2.10. The van der Waals surface area contributed by atoms with Gasteiger partial charge in [-0.25, -0.2) is 0 Å². The fraction of sp³-hybridized carbons (Fsp3) is 0.158. The Morgan fingerprint density at radius 3 is 2.68 bits per heavy atom. The molecule has 1 heterocycles. The summed E-state index contributed by atoms with van der Waals surface area (Å²) in [6.45, 7) is 1.58. The van der Waals surface area contributed by atoms with Crippen molar-refractivity contribution in [2.24, 2.45) is 0 Å². The van der Waals surface area contributed by atoms with E-state index >= 15 is 0 Å². The smallest absolute Gasteiger partial charge is 0.242 e. The molecule has 128 valence electrons. The Kier molecular flexibility index (Phi) is 4.76. The van der Waals surface area contributed by atoms with E-state index in [-0.39, 0.29) is 11.3 Å². The van der Waals surface area contributed by atoms with Crippen LogP contribution in [-0.4, -0.2) is 18.4 Å². The second-order valence-electron chi connectivity index (χ2n) is 5.49. The van der Waals surface area contributed by atoms with Crippen LogP contribution in [-0.2, 0) is 4.79 Å². The molecule has 1 atom stereocenters. The van der Waals surface area contributed by atoms with E-state index in [1.807, 2.05) is 18.2 Å². The molecule has 1 aromatic heterocycles. The molecule has 3 rings (SSSR count). The number of hydrogen-bond acceptors (Lipinski definition) is 4. The highest BCUT2D eigenvalue weighted by Crippen LogP contribution is 2.31. The van der Waals surface area contributed by atoms with Gasteiger partial charge in [-0.05, 0) is 31.2 Å². The Morgan fingerprint density at radius 2 is 1.96 bits per heavy atom. The third kappa shape index (κ3) is 3.51. The average Bonchev–Trinajstić information content (AvgIpc) is 2.61. The molecule has 1 unspecified atom stereocenters. The minimum absolute atomic E-state index is 0.175. The van der Waals surface area contributed by atoms with Gasteiger partial charge >= 0.3 is 0 Å². The Labute approximate surface area is 149 Å². The van der Waals surface area contributed by atoms with E-state index in [9.17, 15) is 9.59 Å².